The predicted octanol–water partition coefficient (Wildman–Crippen LogP) is 4.40. The number of ether oxygens (including phenoxy) is 1. The van der Waals surface area contributed by atoms with Gasteiger partial charge in [-0.25, -0.2) is 0 Å². The highest BCUT2D eigenvalue weighted by atomic mass is 79.9. The first-order valence-corrected chi connectivity index (χ1v) is 9.18. The molecule has 1 aromatic rings. The summed E-state index contributed by atoms with van der Waals surface area (Å²) < 4.78 is 7.14. The summed E-state index contributed by atoms with van der Waals surface area (Å²) in [5.41, 5.74) is 1.29. The second kappa shape index (κ2) is 10.5. The van der Waals surface area contributed by atoms with Crippen molar-refractivity contribution in [3.8, 4) is 5.75 Å². The standard InChI is InChI=1S/C18H29BrN2O.ClH/c1-15(2)17-14-16(19)6-7-18(17)22-13-5-4-8-21-11-9-20(3)10-12-21;/h6-7,14-15H,4-5,8-13H2,1-3H3;1H. The molecule has 0 N–H and O–H groups in total. The maximum atomic E-state index is 6.01. The number of piperazine rings is 1. The summed E-state index contributed by atoms with van der Waals surface area (Å²) in [5.74, 6) is 1.52. The van der Waals surface area contributed by atoms with Gasteiger partial charge in [0.1, 0.15) is 5.75 Å². The summed E-state index contributed by atoms with van der Waals surface area (Å²) in [7, 11) is 2.20. The summed E-state index contributed by atoms with van der Waals surface area (Å²) in [6.07, 6.45) is 2.34. The highest BCUT2D eigenvalue weighted by Gasteiger charge is 2.13. The minimum Gasteiger partial charge on any atom is -0.493 e. The summed E-state index contributed by atoms with van der Waals surface area (Å²) in [6, 6.07) is 6.32. The minimum absolute atomic E-state index is 0. The van der Waals surface area contributed by atoms with Crippen LogP contribution >= 0.6 is 28.3 Å². The van der Waals surface area contributed by atoms with Gasteiger partial charge in [0.25, 0.3) is 0 Å². The topological polar surface area (TPSA) is 15.7 Å². The molecule has 0 spiro atoms. The first-order chi connectivity index (χ1) is 10.6. The zero-order valence-corrected chi connectivity index (χ0v) is 17.0. The molecule has 0 aromatic heterocycles. The van der Waals surface area contributed by atoms with Crippen LogP contribution in [0.5, 0.6) is 5.75 Å². The van der Waals surface area contributed by atoms with Crippen molar-refractivity contribution in [2.75, 3.05) is 46.4 Å². The Morgan fingerprint density at radius 1 is 1.13 bits per heavy atom. The van der Waals surface area contributed by atoms with Gasteiger partial charge in [-0.05, 0) is 56.1 Å². The molecule has 1 aliphatic heterocycles. The van der Waals surface area contributed by atoms with Crippen LogP contribution in [0.4, 0.5) is 0 Å². The van der Waals surface area contributed by atoms with Crippen molar-refractivity contribution in [1.29, 1.82) is 0 Å². The van der Waals surface area contributed by atoms with Crippen LogP contribution in [0, 0.1) is 0 Å². The Labute approximate surface area is 155 Å². The van der Waals surface area contributed by atoms with Gasteiger partial charge in [-0.15, -0.1) is 12.4 Å². The molecule has 1 heterocycles. The van der Waals surface area contributed by atoms with Crippen LogP contribution in [0.1, 0.15) is 38.2 Å². The highest BCUT2D eigenvalue weighted by Crippen LogP contribution is 2.29. The molecule has 1 saturated heterocycles. The lowest BCUT2D eigenvalue weighted by Crippen LogP contribution is -2.44. The van der Waals surface area contributed by atoms with Gasteiger partial charge in [0.2, 0.25) is 0 Å². The summed E-state index contributed by atoms with van der Waals surface area (Å²) in [6.45, 7) is 11.3. The zero-order valence-electron chi connectivity index (χ0n) is 14.6. The molecule has 0 radical (unpaired) electrons. The normalized spacial score (nSPS) is 16.4. The zero-order chi connectivity index (χ0) is 15.9. The summed E-state index contributed by atoms with van der Waals surface area (Å²) in [5, 5.41) is 0. The van der Waals surface area contributed by atoms with Gasteiger partial charge in [0.05, 0.1) is 6.61 Å². The van der Waals surface area contributed by atoms with E-state index in [1.54, 1.807) is 0 Å². The van der Waals surface area contributed by atoms with Crippen molar-refractivity contribution in [3.63, 3.8) is 0 Å². The van der Waals surface area contributed by atoms with Gasteiger partial charge in [-0.3, -0.25) is 0 Å². The van der Waals surface area contributed by atoms with E-state index in [-0.39, 0.29) is 12.4 Å². The van der Waals surface area contributed by atoms with Crippen LogP contribution in [0.3, 0.4) is 0 Å². The van der Waals surface area contributed by atoms with Gasteiger partial charge >= 0.3 is 0 Å². The number of nitrogens with zero attached hydrogens (tertiary/aromatic N) is 2. The maximum absolute atomic E-state index is 6.01. The lowest BCUT2D eigenvalue weighted by Gasteiger charge is -2.32. The van der Waals surface area contributed by atoms with Gasteiger partial charge in [0.15, 0.2) is 0 Å². The molecule has 23 heavy (non-hydrogen) atoms. The van der Waals surface area contributed by atoms with E-state index in [2.05, 4.69) is 64.8 Å². The van der Waals surface area contributed by atoms with Crippen LogP contribution in [0.2, 0.25) is 0 Å². The number of hydrogen-bond acceptors (Lipinski definition) is 3. The van der Waals surface area contributed by atoms with Crippen molar-refractivity contribution in [1.82, 2.24) is 9.80 Å². The molecule has 0 atom stereocenters. The number of benzene rings is 1. The number of likely N-dealkylation sites (N-methyl/N-ethyl adjacent to an activating group) is 1. The third-order valence-electron chi connectivity index (χ3n) is 4.32. The fourth-order valence-electron chi connectivity index (χ4n) is 2.79. The van der Waals surface area contributed by atoms with Crippen molar-refractivity contribution < 1.29 is 4.74 Å². The molecular weight excluding hydrogens is 376 g/mol. The monoisotopic (exact) mass is 404 g/mol. The second-order valence-corrected chi connectivity index (χ2v) is 7.45. The van der Waals surface area contributed by atoms with Gasteiger partial charge in [-0.1, -0.05) is 29.8 Å². The molecule has 132 valence electrons. The van der Waals surface area contributed by atoms with E-state index in [0.717, 1.165) is 23.2 Å². The summed E-state index contributed by atoms with van der Waals surface area (Å²) >= 11 is 3.54. The van der Waals surface area contributed by atoms with E-state index in [1.165, 1.54) is 44.7 Å². The Kier molecular flexibility index (Phi) is 9.52. The average Bonchev–Trinajstić information content (AvgIpc) is 2.50. The van der Waals surface area contributed by atoms with E-state index in [0.29, 0.717) is 5.92 Å². The van der Waals surface area contributed by atoms with Crippen LogP contribution in [-0.4, -0.2) is 56.2 Å². The van der Waals surface area contributed by atoms with Crippen molar-refractivity contribution >= 4 is 28.3 Å². The molecule has 1 aliphatic rings. The van der Waals surface area contributed by atoms with E-state index in [4.69, 9.17) is 4.74 Å². The largest absolute Gasteiger partial charge is 0.493 e. The molecule has 1 aromatic carbocycles. The first-order valence-electron chi connectivity index (χ1n) is 8.39. The van der Waals surface area contributed by atoms with Crippen LogP contribution in [-0.2, 0) is 0 Å². The Bertz CT molecular complexity index is 462. The van der Waals surface area contributed by atoms with Gasteiger partial charge < -0.3 is 14.5 Å². The van der Waals surface area contributed by atoms with Crippen LogP contribution < -0.4 is 4.74 Å². The van der Waals surface area contributed by atoms with E-state index in [1.807, 2.05) is 0 Å². The first kappa shape index (κ1) is 20.8. The molecule has 2 rings (SSSR count). The molecule has 0 bridgehead atoms. The lowest BCUT2D eigenvalue weighted by atomic mass is 10.0. The molecule has 0 aliphatic carbocycles. The molecule has 3 nitrogen and oxygen atoms in total. The number of rotatable bonds is 7. The van der Waals surface area contributed by atoms with Gasteiger partial charge in [0, 0.05) is 30.7 Å². The number of hydrogen-bond donors (Lipinski definition) is 0. The molecule has 0 unspecified atom stereocenters. The van der Waals surface area contributed by atoms with Crippen molar-refractivity contribution in [2.24, 2.45) is 0 Å². The quantitative estimate of drug-likeness (QED) is 0.625. The number of halogens is 2. The van der Waals surface area contributed by atoms with E-state index < -0.39 is 0 Å². The Morgan fingerprint density at radius 3 is 2.48 bits per heavy atom. The van der Waals surface area contributed by atoms with Crippen molar-refractivity contribution in [2.45, 2.75) is 32.6 Å². The Morgan fingerprint density at radius 2 is 1.83 bits per heavy atom. The van der Waals surface area contributed by atoms with E-state index in [9.17, 15) is 0 Å². The third-order valence-corrected chi connectivity index (χ3v) is 4.81. The fourth-order valence-corrected chi connectivity index (χ4v) is 3.17. The minimum atomic E-state index is 0. The molecular formula is C18H30BrClN2O. The van der Waals surface area contributed by atoms with E-state index >= 15 is 0 Å². The predicted molar refractivity (Wildman–Crippen MR) is 104 cm³/mol. The Balaban J connectivity index is 0.00000264. The Hall–Kier alpha value is -0.290. The lowest BCUT2D eigenvalue weighted by molar-refractivity contribution is 0.149. The molecule has 1 fully saturated rings. The third kappa shape index (κ3) is 7.00. The molecule has 0 saturated carbocycles. The van der Waals surface area contributed by atoms with Crippen molar-refractivity contribution in [3.05, 3.63) is 28.2 Å². The SMILES string of the molecule is CC(C)c1cc(Br)ccc1OCCCCN1CCN(C)CC1.Cl. The molecule has 5 heteroatoms. The second-order valence-electron chi connectivity index (χ2n) is 6.54. The smallest absolute Gasteiger partial charge is 0.122 e. The molecule has 0 amide bonds. The van der Waals surface area contributed by atoms with Crippen LogP contribution in [0.25, 0.3) is 0 Å². The maximum Gasteiger partial charge on any atom is 0.122 e. The highest BCUT2D eigenvalue weighted by molar-refractivity contribution is 9.10. The average molecular weight is 406 g/mol. The fraction of sp³-hybridized carbons (Fsp3) is 0.667. The van der Waals surface area contributed by atoms with Gasteiger partial charge in [-0.2, -0.15) is 0 Å². The number of unbranched alkanes of at least 4 members (excludes halogenated alkanes) is 1. The summed E-state index contributed by atoms with van der Waals surface area (Å²) in [4.78, 5) is 4.97. The van der Waals surface area contributed by atoms with Crippen LogP contribution in [0.15, 0.2) is 22.7 Å².